The van der Waals surface area contributed by atoms with E-state index in [0.717, 1.165) is 25.5 Å². The first-order valence-electron chi connectivity index (χ1n) is 8.05. The highest BCUT2D eigenvalue weighted by atomic mass is 16.5. The number of rotatable bonds is 7. The average molecular weight is 293 g/mol. The summed E-state index contributed by atoms with van der Waals surface area (Å²) < 4.78 is 5.61. The van der Waals surface area contributed by atoms with Crippen molar-refractivity contribution in [2.75, 3.05) is 29.9 Å². The van der Waals surface area contributed by atoms with E-state index in [-0.39, 0.29) is 0 Å². The molecule has 1 aliphatic rings. The molecule has 0 aliphatic carbocycles. The van der Waals surface area contributed by atoms with Gasteiger partial charge in [-0.2, -0.15) is 15.0 Å². The Bertz CT molecular complexity index is 452. The van der Waals surface area contributed by atoms with Crippen molar-refractivity contribution < 1.29 is 4.74 Å². The molecule has 1 atom stereocenters. The second kappa shape index (κ2) is 7.43. The van der Waals surface area contributed by atoms with Crippen LogP contribution in [0.4, 0.5) is 11.9 Å². The van der Waals surface area contributed by atoms with Crippen molar-refractivity contribution in [3.05, 3.63) is 0 Å². The maximum absolute atomic E-state index is 5.61. The van der Waals surface area contributed by atoms with Crippen LogP contribution in [-0.4, -0.2) is 40.7 Å². The Hall–Kier alpha value is -1.59. The lowest BCUT2D eigenvalue weighted by Gasteiger charge is -2.27. The zero-order chi connectivity index (χ0) is 15.2. The Morgan fingerprint density at radius 3 is 2.76 bits per heavy atom. The number of nitrogens with zero attached hydrogens (tertiary/aromatic N) is 4. The summed E-state index contributed by atoms with van der Waals surface area (Å²) in [5, 5.41) is 3.16. The fraction of sp³-hybridized carbons (Fsp3) is 0.800. The maximum atomic E-state index is 5.61. The summed E-state index contributed by atoms with van der Waals surface area (Å²) in [6, 6.07) is 0.924. The third-order valence-corrected chi connectivity index (χ3v) is 3.70. The molecule has 1 saturated heterocycles. The number of hydrogen-bond donors (Lipinski definition) is 1. The number of hydrogen-bond acceptors (Lipinski definition) is 6. The van der Waals surface area contributed by atoms with E-state index in [1.54, 1.807) is 0 Å². The van der Waals surface area contributed by atoms with Crippen LogP contribution in [0.3, 0.4) is 0 Å². The molecule has 0 bridgehead atoms. The fourth-order valence-corrected chi connectivity index (χ4v) is 2.70. The van der Waals surface area contributed by atoms with Crippen LogP contribution < -0.4 is 15.0 Å². The van der Waals surface area contributed by atoms with Crippen molar-refractivity contribution in [1.29, 1.82) is 0 Å². The lowest BCUT2D eigenvalue weighted by atomic mass is 10.0. The lowest BCUT2D eigenvalue weighted by Crippen LogP contribution is -2.35. The van der Waals surface area contributed by atoms with E-state index in [9.17, 15) is 0 Å². The Kier molecular flexibility index (Phi) is 5.59. The van der Waals surface area contributed by atoms with Gasteiger partial charge in [-0.15, -0.1) is 0 Å². The molecular formula is C15H27N5O. The summed E-state index contributed by atoms with van der Waals surface area (Å²) in [7, 11) is 0. The van der Waals surface area contributed by atoms with E-state index >= 15 is 0 Å². The number of nitrogens with one attached hydrogen (secondary N) is 1. The molecule has 1 aromatic rings. The highest BCUT2D eigenvalue weighted by Gasteiger charge is 2.29. The SMILES string of the molecule is CCCOc1nc(NCC)nc(N2CCCC2C(C)C)n1. The van der Waals surface area contributed by atoms with Crippen LogP contribution in [0.15, 0.2) is 0 Å². The summed E-state index contributed by atoms with van der Waals surface area (Å²) in [6.45, 7) is 11.0. The van der Waals surface area contributed by atoms with Gasteiger partial charge in [0.2, 0.25) is 11.9 Å². The fourth-order valence-electron chi connectivity index (χ4n) is 2.70. The molecule has 0 spiro atoms. The van der Waals surface area contributed by atoms with Crippen molar-refractivity contribution in [2.45, 2.75) is 53.0 Å². The van der Waals surface area contributed by atoms with Crippen LogP contribution in [0.2, 0.25) is 0 Å². The first kappa shape index (κ1) is 15.8. The molecular weight excluding hydrogens is 266 g/mol. The third-order valence-electron chi connectivity index (χ3n) is 3.70. The van der Waals surface area contributed by atoms with Gasteiger partial charge in [0, 0.05) is 19.1 Å². The molecule has 2 rings (SSSR count). The highest BCUT2D eigenvalue weighted by molar-refractivity contribution is 5.40. The molecule has 118 valence electrons. The van der Waals surface area contributed by atoms with Gasteiger partial charge in [-0.05, 0) is 32.1 Å². The number of ether oxygens (including phenoxy) is 1. The van der Waals surface area contributed by atoms with E-state index in [1.807, 2.05) is 6.92 Å². The van der Waals surface area contributed by atoms with Crippen LogP contribution in [0, 0.1) is 5.92 Å². The van der Waals surface area contributed by atoms with Gasteiger partial charge < -0.3 is 15.0 Å². The minimum Gasteiger partial charge on any atom is -0.463 e. The first-order chi connectivity index (χ1) is 10.2. The average Bonchev–Trinajstić information content (AvgIpc) is 2.95. The quantitative estimate of drug-likeness (QED) is 0.834. The predicted molar refractivity (Wildman–Crippen MR) is 85.0 cm³/mol. The van der Waals surface area contributed by atoms with Crippen molar-refractivity contribution in [3.8, 4) is 6.01 Å². The second-order valence-electron chi connectivity index (χ2n) is 5.77. The van der Waals surface area contributed by atoms with Gasteiger partial charge in [0.05, 0.1) is 6.61 Å². The van der Waals surface area contributed by atoms with Gasteiger partial charge in [-0.1, -0.05) is 20.8 Å². The summed E-state index contributed by atoms with van der Waals surface area (Å²) in [4.78, 5) is 15.7. The van der Waals surface area contributed by atoms with E-state index in [0.29, 0.717) is 30.5 Å². The monoisotopic (exact) mass is 293 g/mol. The van der Waals surface area contributed by atoms with Gasteiger partial charge in [0.25, 0.3) is 0 Å². The zero-order valence-corrected chi connectivity index (χ0v) is 13.6. The van der Waals surface area contributed by atoms with Gasteiger partial charge in [-0.25, -0.2) is 0 Å². The van der Waals surface area contributed by atoms with Crippen molar-refractivity contribution in [3.63, 3.8) is 0 Å². The van der Waals surface area contributed by atoms with Crippen LogP contribution in [-0.2, 0) is 0 Å². The third kappa shape index (κ3) is 3.95. The van der Waals surface area contributed by atoms with Crippen molar-refractivity contribution >= 4 is 11.9 Å². The summed E-state index contributed by atoms with van der Waals surface area (Å²) in [5.41, 5.74) is 0. The molecule has 2 heterocycles. The van der Waals surface area contributed by atoms with E-state index < -0.39 is 0 Å². The normalized spacial score (nSPS) is 18.3. The van der Waals surface area contributed by atoms with E-state index in [4.69, 9.17) is 4.74 Å². The van der Waals surface area contributed by atoms with Crippen molar-refractivity contribution in [1.82, 2.24) is 15.0 Å². The number of aromatic nitrogens is 3. The molecule has 1 unspecified atom stereocenters. The first-order valence-corrected chi connectivity index (χ1v) is 8.05. The summed E-state index contributed by atoms with van der Waals surface area (Å²) >= 11 is 0. The van der Waals surface area contributed by atoms with Gasteiger partial charge in [0.1, 0.15) is 0 Å². The summed E-state index contributed by atoms with van der Waals surface area (Å²) in [6.07, 6.45) is 3.33. The molecule has 1 fully saturated rings. The van der Waals surface area contributed by atoms with Crippen LogP contribution >= 0.6 is 0 Å². The van der Waals surface area contributed by atoms with Crippen LogP contribution in [0.1, 0.15) is 47.0 Å². The van der Waals surface area contributed by atoms with Gasteiger partial charge in [-0.3, -0.25) is 0 Å². The molecule has 0 saturated carbocycles. The maximum Gasteiger partial charge on any atom is 0.323 e. The van der Waals surface area contributed by atoms with Crippen LogP contribution in [0.25, 0.3) is 0 Å². The Labute approximate surface area is 127 Å². The van der Waals surface area contributed by atoms with Crippen molar-refractivity contribution in [2.24, 2.45) is 5.92 Å². The molecule has 21 heavy (non-hydrogen) atoms. The Morgan fingerprint density at radius 2 is 2.10 bits per heavy atom. The molecule has 1 N–H and O–H groups in total. The van der Waals surface area contributed by atoms with E-state index in [2.05, 4.69) is 45.9 Å². The molecule has 0 aromatic carbocycles. The Balaban J connectivity index is 2.25. The van der Waals surface area contributed by atoms with Gasteiger partial charge in [0.15, 0.2) is 0 Å². The second-order valence-corrected chi connectivity index (χ2v) is 5.77. The highest BCUT2D eigenvalue weighted by Crippen LogP contribution is 2.28. The molecule has 0 amide bonds. The van der Waals surface area contributed by atoms with E-state index in [1.165, 1.54) is 12.8 Å². The smallest absolute Gasteiger partial charge is 0.323 e. The molecule has 0 radical (unpaired) electrons. The number of anilines is 2. The summed E-state index contributed by atoms with van der Waals surface area (Å²) in [5.74, 6) is 1.93. The Morgan fingerprint density at radius 1 is 1.29 bits per heavy atom. The predicted octanol–water partition coefficient (Wildman–Crippen LogP) is 2.72. The zero-order valence-electron chi connectivity index (χ0n) is 13.6. The largest absolute Gasteiger partial charge is 0.463 e. The molecule has 6 heteroatoms. The lowest BCUT2D eigenvalue weighted by molar-refractivity contribution is 0.291. The standard InChI is InChI=1S/C15H27N5O/c1-5-10-21-15-18-13(16-6-2)17-14(19-15)20-9-7-8-12(20)11(3)4/h11-12H,5-10H2,1-4H3,(H,16,17,18,19). The molecule has 1 aromatic heterocycles. The molecule has 1 aliphatic heterocycles. The van der Waals surface area contributed by atoms with Crippen LogP contribution in [0.5, 0.6) is 6.01 Å². The van der Waals surface area contributed by atoms with Gasteiger partial charge >= 0.3 is 6.01 Å². The molecule has 6 nitrogen and oxygen atoms in total. The minimum absolute atomic E-state index is 0.423. The minimum atomic E-state index is 0.423. The topological polar surface area (TPSA) is 63.2 Å².